The quantitative estimate of drug-likeness (QED) is 0.109. The first-order valence-corrected chi connectivity index (χ1v) is 11.9. The highest BCUT2D eigenvalue weighted by Crippen LogP contribution is 2.31. The highest BCUT2D eigenvalue weighted by molar-refractivity contribution is 6.03. The number of carbonyl (C=O) groups is 3. The summed E-state index contributed by atoms with van der Waals surface area (Å²) in [6.07, 6.45) is 0. The molecule has 4 aromatic carbocycles. The van der Waals surface area contributed by atoms with E-state index in [2.05, 4.69) is 4.89 Å². The Labute approximate surface area is 226 Å². The van der Waals surface area contributed by atoms with Crippen molar-refractivity contribution < 1.29 is 39.1 Å². The fraction of sp³-hybridized carbons (Fsp3) is 0.129. The zero-order valence-corrected chi connectivity index (χ0v) is 21.5. The van der Waals surface area contributed by atoms with Gasteiger partial charge in [0.1, 0.15) is 19.1 Å². The number of carboxylic acid groups (broad SMARTS) is 1. The van der Waals surface area contributed by atoms with E-state index in [-0.39, 0.29) is 17.7 Å². The minimum Gasteiger partial charge on any atom is -0.478 e. The zero-order valence-electron chi connectivity index (χ0n) is 21.5. The highest BCUT2D eigenvalue weighted by atomic mass is 17.1. The van der Waals surface area contributed by atoms with Crippen LogP contribution in [0.15, 0.2) is 97.1 Å². The van der Waals surface area contributed by atoms with Gasteiger partial charge in [0.15, 0.2) is 0 Å². The summed E-state index contributed by atoms with van der Waals surface area (Å²) in [5, 5.41) is 18.8. The molecule has 39 heavy (non-hydrogen) atoms. The van der Waals surface area contributed by atoms with Crippen molar-refractivity contribution in [2.24, 2.45) is 0 Å². The van der Waals surface area contributed by atoms with Crippen molar-refractivity contribution in [3.63, 3.8) is 0 Å². The fourth-order valence-corrected chi connectivity index (χ4v) is 3.94. The number of hydrogen-bond donors (Lipinski definition) is 2. The number of benzene rings is 4. The lowest BCUT2D eigenvalue weighted by molar-refractivity contribution is -0.253. The summed E-state index contributed by atoms with van der Waals surface area (Å²) in [6, 6.07) is 28.8. The van der Waals surface area contributed by atoms with Gasteiger partial charge in [-0.05, 0) is 46.5 Å². The van der Waals surface area contributed by atoms with Crippen LogP contribution in [0, 0.1) is 0 Å². The number of aromatic carboxylic acids is 1. The molecule has 0 spiro atoms. The molecule has 2 N–H and O–H groups in total. The summed E-state index contributed by atoms with van der Waals surface area (Å²) in [5.41, 5.74) is 3.61. The van der Waals surface area contributed by atoms with E-state index in [0.717, 1.165) is 16.7 Å². The predicted octanol–water partition coefficient (Wildman–Crippen LogP) is 6.50. The van der Waals surface area contributed by atoms with Crippen LogP contribution in [-0.4, -0.2) is 34.9 Å². The van der Waals surface area contributed by atoms with E-state index < -0.39 is 17.7 Å². The summed E-state index contributed by atoms with van der Waals surface area (Å²) in [4.78, 5) is 37.4. The average molecular weight is 529 g/mol. The third-order valence-corrected chi connectivity index (χ3v) is 5.66. The Morgan fingerprint density at radius 3 is 1.82 bits per heavy atom. The molecule has 0 aliphatic heterocycles. The van der Waals surface area contributed by atoms with Gasteiger partial charge in [-0.1, -0.05) is 72.8 Å². The topological polar surface area (TPSA) is 119 Å². The molecule has 0 aromatic heterocycles. The second kappa shape index (κ2) is 13.1. The van der Waals surface area contributed by atoms with Gasteiger partial charge in [0, 0.05) is 19.4 Å². The Morgan fingerprint density at radius 1 is 0.744 bits per heavy atom. The molecule has 8 nitrogen and oxygen atoms in total. The van der Waals surface area contributed by atoms with Crippen LogP contribution >= 0.6 is 0 Å². The van der Waals surface area contributed by atoms with Crippen molar-refractivity contribution in [2.75, 3.05) is 0 Å². The SMILES string of the molecule is C=O.CC(C)(OC(=O)c1ccc(-c2ccccc2)cc1C(=O)O)Oc1ccc(-c2ccccc2)cc1COO. The van der Waals surface area contributed by atoms with Gasteiger partial charge in [-0.15, -0.1) is 0 Å². The second-order valence-corrected chi connectivity index (χ2v) is 8.78. The third kappa shape index (κ3) is 7.38. The van der Waals surface area contributed by atoms with Crippen molar-refractivity contribution in [1.82, 2.24) is 0 Å². The third-order valence-electron chi connectivity index (χ3n) is 5.66. The maximum Gasteiger partial charge on any atom is 0.342 e. The van der Waals surface area contributed by atoms with Gasteiger partial charge in [-0.2, -0.15) is 0 Å². The van der Waals surface area contributed by atoms with Crippen LogP contribution in [0.2, 0.25) is 0 Å². The van der Waals surface area contributed by atoms with Crippen LogP contribution in [0.5, 0.6) is 5.75 Å². The monoisotopic (exact) mass is 528 g/mol. The lowest BCUT2D eigenvalue weighted by Gasteiger charge is -2.28. The molecule has 200 valence electrons. The first-order chi connectivity index (χ1) is 18.8. The fourth-order valence-electron chi connectivity index (χ4n) is 3.94. The number of carboxylic acids is 1. The van der Waals surface area contributed by atoms with E-state index in [1.165, 1.54) is 12.1 Å². The molecule has 0 heterocycles. The first-order valence-electron chi connectivity index (χ1n) is 11.9. The van der Waals surface area contributed by atoms with Crippen molar-refractivity contribution in [2.45, 2.75) is 26.2 Å². The Morgan fingerprint density at radius 2 is 1.28 bits per heavy atom. The molecule has 0 saturated carbocycles. The van der Waals surface area contributed by atoms with Gasteiger partial charge in [0.05, 0.1) is 11.1 Å². The Balaban J connectivity index is 0.00000205. The normalized spacial score (nSPS) is 10.6. The van der Waals surface area contributed by atoms with Crippen molar-refractivity contribution in [1.29, 1.82) is 0 Å². The molecule has 0 fully saturated rings. The Kier molecular flexibility index (Phi) is 9.69. The molecule has 0 unspecified atom stereocenters. The van der Waals surface area contributed by atoms with Gasteiger partial charge in [0.25, 0.3) is 0 Å². The summed E-state index contributed by atoms with van der Waals surface area (Å²) < 4.78 is 11.6. The van der Waals surface area contributed by atoms with Crippen LogP contribution in [0.25, 0.3) is 22.3 Å². The largest absolute Gasteiger partial charge is 0.478 e. The van der Waals surface area contributed by atoms with Gasteiger partial charge < -0.3 is 19.4 Å². The zero-order chi connectivity index (χ0) is 28.4. The number of rotatable bonds is 9. The summed E-state index contributed by atoms with van der Waals surface area (Å²) in [6.45, 7) is 4.93. The van der Waals surface area contributed by atoms with Gasteiger partial charge in [-0.25, -0.2) is 14.5 Å². The van der Waals surface area contributed by atoms with E-state index in [9.17, 15) is 14.7 Å². The smallest absolute Gasteiger partial charge is 0.342 e. The van der Waals surface area contributed by atoms with Crippen molar-refractivity contribution >= 4 is 18.7 Å². The number of carbonyl (C=O) groups excluding carboxylic acids is 2. The molecule has 0 aliphatic rings. The highest BCUT2D eigenvalue weighted by Gasteiger charge is 2.29. The molecule has 0 amide bonds. The van der Waals surface area contributed by atoms with E-state index in [0.29, 0.717) is 16.9 Å². The van der Waals surface area contributed by atoms with E-state index in [1.54, 1.807) is 26.0 Å². The molecule has 0 saturated heterocycles. The molecule has 0 radical (unpaired) electrons. The minimum absolute atomic E-state index is 0.0952. The second-order valence-electron chi connectivity index (χ2n) is 8.78. The molecule has 4 aromatic rings. The van der Waals surface area contributed by atoms with E-state index in [1.807, 2.05) is 79.6 Å². The first kappa shape index (κ1) is 28.8. The Bertz CT molecular complexity index is 1420. The molecule has 0 atom stereocenters. The van der Waals surface area contributed by atoms with Crippen molar-refractivity contribution in [3.05, 3.63) is 114 Å². The van der Waals surface area contributed by atoms with E-state index >= 15 is 0 Å². The molecular weight excluding hydrogens is 500 g/mol. The minimum atomic E-state index is -1.47. The molecule has 8 heteroatoms. The number of esters is 1. The predicted molar refractivity (Wildman–Crippen MR) is 145 cm³/mol. The Hall–Kier alpha value is -4.79. The average Bonchev–Trinajstić information content (AvgIpc) is 2.95. The molecule has 4 rings (SSSR count). The van der Waals surface area contributed by atoms with Crippen LogP contribution in [0.3, 0.4) is 0 Å². The lowest BCUT2D eigenvalue weighted by atomic mass is 9.99. The lowest BCUT2D eigenvalue weighted by Crippen LogP contribution is -2.35. The standard InChI is InChI=1S/C30H26O7.CH2O/c1-30(2,36-27-16-14-22(17-24(27)19-35-34)20-9-5-3-6-10-20)37-29(33)25-15-13-23(18-26(25)28(31)32)21-11-7-4-8-12-21;1-2/h3-18,34H,19H2,1-2H3,(H,31,32);1H2. The summed E-state index contributed by atoms with van der Waals surface area (Å²) >= 11 is 0. The summed E-state index contributed by atoms with van der Waals surface area (Å²) in [7, 11) is 0. The van der Waals surface area contributed by atoms with Gasteiger partial charge >= 0.3 is 11.9 Å². The van der Waals surface area contributed by atoms with Crippen LogP contribution in [0.1, 0.15) is 40.1 Å². The maximum atomic E-state index is 13.0. The summed E-state index contributed by atoms with van der Waals surface area (Å²) in [5.74, 6) is -3.22. The molecule has 0 aliphatic carbocycles. The maximum absolute atomic E-state index is 13.0. The van der Waals surface area contributed by atoms with Crippen LogP contribution in [-0.2, 0) is 21.0 Å². The molecule has 0 bridgehead atoms. The molecular formula is C31H28O8. The van der Waals surface area contributed by atoms with Crippen LogP contribution in [0.4, 0.5) is 0 Å². The van der Waals surface area contributed by atoms with Gasteiger partial charge in [0.2, 0.25) is 5.79 Å². The van der Waals surface area contributed by atoms with Crippen molar-refractivity contribution in [3.8, 4) is 28.0 Å². The van der Waals surface area contributed by atoms with Gasteiger partial charge in [-0.3, -0.25) is 5.26 Å². The number of hydrogen-bond acceptors (Lipinski definition) is 7. The van der Waals surface area contributed by atoms with E-state index in [4.69, 9.17) is 19.5 Å². The number of ether oxygens (including phenoxy) is 2. The van der Waals surface area contributed by atoms with Crippen LogP contribution < -0.4 is 4.74 Å².